The number of halogens is 1. The summed E-state index contributed by atoms with van der Waals surface area (Å²) in [7, 11) is 3.09. The molecule has 0 aliphatic heterocycles. The molecule has 140 valence electrons. The summed E-state index contributed by atoms with van der Waals surface area (Å²) in [5.41, 5.74) is 2.92. The molecule has 0 aliphatic carbocycles. The summed E-state index contributed by atoms with van der Waals surface area (Å²) in [6.45, 7) is 3.55. The number of hydrogen-bond donors (Lipinski definition) is 1. The fourth-order valence-corrected chi connectivity index (χ4v) is 2.88. The minimum atomic E-state index is -0.329. The summed E-state index contributed by atoms with van der Waals surface area (Å²) < 4.78 is 25.2. The van der Waals surface area contributed by atoms with Crippen molar-refractivity contribution in [2.24, 2.45) is 0 Å². The first-order valence-corrected chi connectivity index (χ1v) is 8.29. The quantitative estimate of drug-likeness (QED) is 0.741. The fourth-order valence-electron chi connectivity index (χ4n) is 2.88. The topological polar surface area (TPSA) is 65.4 Å². The van der Waals surface area contributed by atoms with Gasteiger partial charge in [0.25, 0.3) is 5.91 Å². The average Bonchev–Trinajstić information content (AvgIpc) is 2.96. The van der Waals surface area contributed by atoms with Gasteiger partial charge in [-0.25, -0.2) is 9.07 Å². The lowest BCUT2D eigenvalue weighted by atomic mass is 10.1. The summed E-state index contributed by atoms with van der Waals surface area (Å²) >= 11 is 0. The number of carbonyl (C=O) groups excluding carboxylic acids is 1. The third-order valence-electron chi connectivity index (χ3n) is 4.20. The van der Waals surface area contributed by atoms with Crippen molar-refractivity contribution in [1.29, 1.82) is 0 Å². The highest BCUT2D eigenvalue weighted by molar-refractivity contribution is 6.06. The van der Waals surface area contributed by atoms with E-state index in [1.807, 2.05) is 0 Å². The van der Waals surface area contributed by atoms with Crippen molar-refractivity contribution in [2.45, 2.75) is 13.8 Å². The number of benzene rings is 2. The van der Waals surface area contributed by atoms with E-state index < -0.39 is 0 Å². The SMILES string of the molecule is COc1cc(NC(=O)c2c(C)nn(-c3ccc(F)cc3)c2C)cc(OC)c1. The molecule has 0 aliphatic rings. The van der Waals surface area contributed by atoms with Crippen LogP contribution >= 0.6 is 0 Å². The molecule has 1 amide bonds. The summed E-state index contributed by atoms with van der Waals surface area (Å²) in [6.07, 6.45) is 0. The molecule has 3 rings (SSSR count). The van der Waals surface area contributed by atoms with Crippen LogP contribution in [0.3, 0.4) is 0 Å². The maximum atomic E-state index is 13.2. The van der Waals surface area contributed by atoms with Crippen molar-refractivity contribution in [3.63, 3.8) is 0 Å². The van der Waals surface area contributed by atoms with E-state index >= 15 is 0 Å². The van der Waals surface area contributed by atoms with Crippen molar-refractivity contribution in [1.82, 2.24) is 9.78 Å². The number of aryl methyl sites for hydroxylation is 1. The van der Waals surface area contributed by atoms with Gasteiger partial charge in [0, 0.05) is 23.9 Å². The standard InChI is InChI=1S/C20H20FN3O3/c1-12-19(13(2)24(23-12)16-7-5-14(21)6-8-16)20(25)22-15-9-17(26-3)11-18(10-15)27-4/h5-11H,1-4H3,(H,22,25). The van der Waals surface area contributed by atoms with Gasteiger partial charge in [-0.3, -0.25) is 4.79 Å². The number of anilines is 1. The van der Waals surface area contributed by atoms with Gasteiger partial charge in [-0.15, -0.1) is 0 Å². The second-order valence-electron chi connectivity index (χ2n) is 5.99. The van der Waals surface area contributed by atoms with Gasteiger partial charge in [-0.05, 0) is 38.1 Å². The van der Waals surface area contributed by atoms with Crippen molar-refractivity contribution < 1.29 is 18.7 Å². The lowest BCUT2D eigenvalue weighted by Gasteiger charge is -2.10. The van der Waals surface area contributed by atoms with Gasteiger partial charge < -0.3 is 14.8 Å². The molecule has 0 saturated heterocycles. The minimum Gasteiger partial charge on any atom is -0.497 e. The van der Waals surface area contributed by atoms with Crippen LogP contribution in [0.1, 0.15) is 21.7 Å². The molecule has 6 nitrogen and oxygen atoms in total. The zero-order valence-corrected chi connectivity index (χ0v) is 15.5. The van der Waals surface area contributed by atoms with E-state index in [2.05, 4.69) is 10.4 Å². The van der Waals surface area contributed by atoms with Crippen LogP contribution in [0, 0.1) is 19.7 Å². The number of methoxy groups -OCH3 is 2. The van der Waals surface area contributed by atoms with Gasteiger partial charge in [-0.2, -0.15) is 5.10 Å². The van der Waals surface area contributed by atoms with Crippen LogP contribution in [0.15, 0.2) is 42.5 Å². The smallest absolute Gasteiger partial charge is 0.259 e. The normalized spacial score (nSPS) is 10.6. The number of rotatable bonds is 5. The predicted molar refractivity (Wildman–Crippen MR) is 100 cm³/mol. The van der Waals surface area contributed by atoms with Gasteiger partial charge in [0.05, 0.1) is 36.9 Å². The van der Waals surface area contributed by atoms with Crippen LogP contribution in [0.2, 0.25) is 0 Å². The number of carbonyl (C=O) groups is 1. The van der Waals surface area contributed by atoms with Crippen molar-refractivity contribution in [3.05, 3.63) is 65.2 Å². The molecular formula is C20H20FN3O3. The highest BCUT2D eigenvalue weighted by Gasteiger charge is 2.20. The second-order valence-corrected chi connectivity index (χ2v) is 5.99. The van der Waals surface area contributed by atoms with Crippen LogP contribution in [0.25, 0.3) is 5.69 Å². The Morgan fingerprint density at radius 1 is 1.04 bits per heavy atom. The van der Waals surface area contributed by atoms with E-state index in [-0.39, 0.29) is 11.7 Å². The first kappa shape index (κ1) is 18.4. The molecule has 1 N–H and O–H groups in total. The fraction of sp³-hybridized carbons (Fsp3) is 0.200. The minimum absolute atomic E-state index is 0.298. The molecule has 0 spiro atoms. The van der Waals surface area contributed by atoms with Crippen LogP contribution in [-0.4, -0.2) is 29.9 Å². The summed E-state index contributed by atoms with van der Waals surface area (Å²) in [5, 5.41) is 7.28. The molecule has 0 radical (unpaired) electrons. The number of amides is 1. The zero-order chi connectivity index (χ0) is 19.6. The molecule has 1 aromatic heterocycles. The third-order valence-corrected chi connectivity index (χ3v) is 4.20. The Hall–Kier alpha value is -3.35. The molecule has 7 heteroatoms. The van der Waals surface area contributed by atoms with Gasteiger partial charge in [-0.1, -0.05) is 0 Å². The summed E-state index contributed by atoms with van der Waals surface area (Å²) in [4.78, 5) is 12.8. The van der Waals surface area contributed by atoms with Gasteiger partial charge in [0.1, 0.15) is 17.3 Å². The van der Waals surface area contributed by atoms with E-state index in [4.69, 9.17) is 9.47 Å². The lowest BCUT2D eigenvalue weighted by Crippen LogP contribution is -2.14. The van der Waals surface area contributed by atoms with E-state index in [9.17, 15) is 9.18 Å². The molecule has 0 bridgehead atoms. The van der Waals surface area contributed by atoms with E-state index in [0.717, 1.165) is 0 Å². The molecule has 2 aromatic carbocycles. The van der Waals surface area contributed by atoms with Gasteiger partial charge >= 0.3 is 0 Å². The Labute approximate surface area is 156 Å². The van der Waals surface area contributed by atoms with Crippen molar-refractivity contribution >= 4 is 11.6 Å². The Kier molecular flexibility index (Phi) is 5.12. The van der Waals surface area contributed by atoms with E-state index in [1.54, 1.807) is 63.1 Å². The molecule has 27 heavy (non-hydrogen) atoms. The Bertz CT molecular complexity index is 959. The van der Waals surface area contributed by atoms with Crippen LogP contribution in [0.5, 0.6) is 11.5 Å². The third kappa shape index (κ3) is 3.76. The maximum Gasteiger partial charge on any atom is 0.259 e. The number of nitrogens with zero attached hydrogens (tertiary/aromatic N) is 2. The molecular weight excluding hydrogens is 349 g/mol. The second kappa shape index (κ2) is 7.49. The predicted octanol–water partition coefficient (Wildman–Crippen LogP) is 3.90. The summed E-state index contributed by atoms with van der Waals surface area (Å²) in [5.74, 6) is 0.513. The zero-order valence-electron chi connectivity index (χ0n) is 15.5. The van der Waals surface area contributed by atoms with Gasteiger partial charge in [0.2, 0.25) is 0 Å². The lowest BCUT2D eigenvalue weighted by molar-refractivity contribution is 0.102. The molecule has 0 fully saturated rings. The maximum absolute atomic E-state index is 13.2. The van der Waals surface area contributed by atoms with E-state index in [1.165, 1.54) is 12.1 Å². The number of aromatic nitrogens is 2. The van der Waals surface area contributed by atoms with Crippen molar-refractivity contribution in [2.75, 3.05) is 19.5 Å². The molecule has 0 unspecified atom stereocenters. The summed E-state index contributed by atoms with van der Waals surface area (Å²) in [6, 6.07) is 11.1. The first-order chi connectivity index (χ1) is 12.9. The molecule has 0 saturated carbocycles. The Balaban J connectivity index is 1.93. The van der Waals surface area contributed by atoms with Gasteiger partial charge in [0.15, 0.2) is 0 Å². The Morgan fingerprint density at radius 2 is 1.63 bits per heavy atom. The Morgan fingerprint density at radius 3 is 2.19 bits per heavy atom. The average molecular weight is 369 g/mol. The largest absolute Gasteiger partial charge is 0.497 e. The first-order valence-electron chi connectivity index (χ1n) is 8.29. The van der Waals surface area contributed by atoms with Crippen molar-refractivity contribution in [3.8, 4) is 17.2 Å². The highest BCUT2D eigenvalue weighted by Crippen LogP contribution is 2.27. The number of ether oxygens (including phenoxy) is 2. The van der Waals surface area contributed by atoms with Crippen LogP contribution in [-0.2, 0) is 0 Å². The monoisotopic (exact) mass is 369 g/mol. The number of nitrogens with one attached hydrogen (secondary N) is 1. The van der Waals surface area contributed by atoms with E-state index in [0.29, 0.717) is 39.8 Å². The molecule has 0 atom stereocenters. The molecule has 1 heterocycles. The highest BCUT2D eigenvalue weighted by atomic mass is 19.1. The van der Waals surface area contributed by atoms with Crippen LogP contribution < -0.4 is 14.8 Å². The molecule has 3 aromatic rings. The number of hydrogen-bond acceptors (Lipinski definition) is 4. The van der Waals surface area contributed by atoms with Crippen LogP contribution in [0.4, 0.5) is 10.1 Å².